The van der Waals surface area contributed by atoms with Crippen molar-refractivity contribution >= 4 is 22.9 Å². The lowest BCUT2D eigenvalue weighted by Gasteiger charge is -2.29. The van der Waals surface area contributed by atoms with Crippen LogP contribution < -0.4 is 0 Å². The van der Waals surface area contributed by atoms with Crippen LogP contribution in [0.1, 0.15) is 34.1 Å². The minimum Gasteiger partial charge on any atom is -0.339 e. The first-order chi connectivity index (χ1) is 15.5. The largest absolute Gasteiger partial charge is 0.339 e. The van der Waals surface area contributed by atoms with E-state index in [1.54, 1.807) is 17.0 Å². The van der Waals surface area contributed by atoms with Crippen molar-refractivity contribution in [2.24, 2.45) is 0 Å². The molecule has 0 radical (unpaired) electrons. The highest BCUT2D eigenvalue weighted by Gasteiger charge is 2.24. The number of rotatable bonds is 8. The normalized spacial score (nSPS) is 11.8. The van der Waals surface area contributed by atoms with Gasteiger partial charge in [-0.3, -0.25) is 14.9 Å². The molecule has 0 aliphatic rings. The van der Waals surface area contributed by atoms with Crippen LogP contribution in [0.4, 0.5) is 5.69 Å². The molecule has 4 aromatic rings. The van der Waals surface area contributed by atoms with Crippen LogP contribution in [-0.4, -0.2) is 32.4 Å². The fourth-order valence-corrected chi connectivity index (χ4v) is 4.05. The summed E-state index contributed by atoms with van der Waals surface area (Å²) in [6.07, 6.45) is 0.357. The first-order valence-electron chi connectivity index (χ1n) is 10.00. The van der Waals surface area contributed by atoms with Gasteiger partial charge >= 0.3 is 0 Å². The van der Waals surface area contributed by atoms with Crippen molar-refractivity contribution in [3.8, 4) is 11.4 Å². The van der Waals surface area contributed by atoms with Gasteiger partial charge in [0.15, 0.2) is 0 Å². The van der Waals surface area contributed by atoms with Crippen molar-refractivity contribution in [2.75, 3.05) is 6.54 Å². The number of thiophene rings is 1. The molecule has 0 fully saturated rings. The molecule has 2 aromatic carbocycles. The number of hydrogen-bond donors (Lipinski definition) is 0. The molecule has 0 saturated heterocycles. The molecule has 2 aromatic heterocycles. The highest BCUT2D eigenvalue weighted by Crippen LogP contribution is 2.25. The van der Waals surface area contributed by atoms with Crippen LogP contribution in [0.2, 0.25) is 0 Å². The van der Waals surface area contributed by atoms with E-state index < -0.39 is 4.92 Å². The van der Waals surface area contributed by atoms with Gasteiger partial charge in [0.2, 0.25) is 11.7 Å². The Labute approximate surface area is 188 Å². The summed E-state index contributed by atoms with van der Waals surface area (Å²) in [5.74, 6) is 0.571. The Bertz CT molecular complexity index is 1210. The molecule has 0 N–H and O–H groups in total. The number of amides is 1. The highest BCUT2D eigenvalue weighted by molar-refractivity contribution is 7.12. The second-order valence-electron chi connectivity index (χ2n) is 7.13. The Hall–Kier alpha value is -3.85. The van der Waals surface area contributed by atoms with Gasteiger partial charge < -0.3 is 9.42 Å². The van der Waals surface area contributed by atoms with Crippen molar-refractivity contribution in [3.63, 3.8) is 0 Å². The second kappa shape index (κ2) is 9.52. The van der Waals surface area contributed by atoms with Crippen molar-refractivity contribution in [2.45, 2.75) is 19.4 Å². The number of nitrogens with zero attached hydrogens (tertiary/aromatic N) is 4. The van der Waals surface area contributed by atoms with E-state index >= 15 is 0 Å². The summed E-state index contributed by atoms with van der Waals surface area (Å²) >= 11 is 1.40. The summed E-state index contributed by atoms with van der Waals surface area (Å²) in [5, 5.41) is 16.8. The molecule has 0 bridgehead atoms. The van der Waals surface area contributed by atoms with Crippen LogP contribution in [0.15, 0.2) is 76.6 Å². The number of non-ortho nitro benzene ring substituents is 1. The Balaban J connectivity index is 1.53. The molecule has 1 unspecified atom stereocenters. The molecular formula is C23H20N4O4S. The van der Waals surface area contributed by atoms with E-state index in [0.29, 0.717) is 29.3 Å². The molecule has 0 aliphatic carbocycles. The van der Waals surface area contributed by atoms with E-state index in [1.165, 1.54) is 23.5 Å². The fourth-order valence-electron chi connectivity index (χ4n) is 3.37. The number of carbonyl (C=O) groups excluding carboxylic acids is 1. The molecule has 0 aliphatic heterocycles. The van der Waals surface area contributed by atoms with Gasteiger partial charge in [-0.1, -0.05) is 53.7 Å². The minimum atomic E-state index is -0.469. The Morgan fingerprint density at radius 1 is 1.16 bits per heavy atom. The zero-order chi connectivity index (χ0) is 22.5. The van der Waals surface area contributed by atoms with Gasteiger partial charge in [0.05, 0.1) is 15.8 Å². The predicted molar refractivity (Wildman–Crippen MR) is 120 cm³/mol. The van der Waals surface area contributed by atoms with E-state index in [0.717, 1.165) is 5.56 Å². The molecule has 1 atom stereocenters. The van der Waals surface area contributed by atoms with Crippen LogP contribution in [0.25, 0.3) is 11.4 Å². The number of nitro groups is 1. The van der Waals surface area contributed by atoms with Crippen LogP contribution >= 0.6 is 11.3 Å². The first-order valence-corrected chi connectivity index (χ1v) is 10.9. The van der Waals surface area contributed by atoms with Gasteiger partial charge in [-0.15, -0.1) is 11.3 Å². The number of nitro benzene ring substituents is 1. The lowest BCUT2D eigenvalue weighted by atomic mass is 10.1. The Kier molecular flexibility index (Phi) is 6.37. The third-order valence-corrected chi connectivity index (χ3v) is 5.95. The SMILES string of the molecule is CC(c1ccccc1)N(CCc1nc(-c2cccc([N+](=O)[O-])c2)no1)C(=O)c1cccs1. The van der Waals surface area contributed by atoms with Crippen molar-refractivity contribution in [3.05, 3.63) is 98.6 Å². The van der Waals surface area contributed by atoms with E-state index in [-0.39, 0.29) is 23.5 Å². The number of benzene rings is 2. The zero-order valence-corrected chi connectivity index (χ0v) is 18.1. The summed E-state index contributed by atoms with van der Waals surface area (Å²) in [6.45, 7) is 2.37. The summed E-state index contributed by atoms with van der Waals surface area (Å²) in [4.78, 5) is 30.5. The predicted octanol–water partition coefficient (Wildman–Crippen LogP) is 5.15. The summed E-state index contributed by atoms with van der Waals surface area (Å²) in [6, 6.07) is 19.4. The topological polar surface area (TPSA) is 102 Å². The maximum absolute atomic E-state index is 13.2. The average Bonchev–Trinajstić information content (AvgIpc) is 3.52. The molecule has 4 rings (SSSR count). The number of carbonyl (C=O) groups is 1. The molecule has 32 heavy (non-hydrogen) atoms. The zero-order valence-electron chi connectivity index (χ0n) is 17.2. The van der Waals surface area contributed by atoms with Gasteiger partial charge in [-0.2, -0.15) is 4.98 Å². The van der Waals surface area contributed by atoms with Crippen LogP contribution in [0.5, 0.6) is 0 Å². The monoisotopic (exact) mass is 448 g/mol. The van der Waals surface area contributed by atoms with Crippen molar-refractivity contribution in [1.29, 1.82) is 0 Å². The summed E-state index contributed by atoms with van der Waals surface area (Å²) in [7, 11) is 0. The van der Waals surface area contributed by atoms with E-state index in [4.69, 9.17) is 4.52 Å². The van der Waals surface area contributed by atoms with Crippen LogP contribution in [0.3, 0.4) is 0 Å². The van der Waals surface area contributed by atoms with Crippen LogP contribution in [0, 0.1) is 10.1 Å². The van der Waals surface area contributed by atoms with Crippen molar-refractivity contribution < 1.29 is 14.2 Å². The van der Waals surface area contributed by atoms with Gasteiger partial charge in [0.25, 0.3) is 11.6 Å². The smallest absolute Gasteiger partial charge is 0.270 e. The molecule has 162 valence electrons. The molecule has 2 heterocycles. The van der Waals surface area contributed by atoms with Gasteiger partial charge in [-0.05, 0) is 23.9 Å². The molecule has 8 nitrogen and oxygen atoms in total. The quantitative estimate of drug-likeness (QED) is 0.273. The van der Waals surface area contributed by atoms with E-state index in [1.807, 2.05) is 54.8 Å². The molecule has 0 saturated carbocycles. The number of hydrogen-bond acceptors (Lipinski definition) is 7. The summed E-state index contributed by atoms with van der Waals surface area (Å²) in [5.41, 5.74) is 1.48. The van der Waals surface area contributed by atoms with E-state index in [9.17, 15) is 14.9 Å². The molecule has 0 spiro atoms. The lowest BCUT2D eigenvalue weighted by Crippen LogP contribution is -2.35. The maximum Gasteiger partial charge on any atom is 0.270 e. The Morgan fingerprint density at radius 2 is 1.97 bits per heavy atom. The van der Waals surface area contributed by atoms with Crippen LogP contribution in [-0.2, 0) is 6.42 Å². The number of aromatic nitrogens is 2. The lowest BCUT2D eigenvalue weighted by molar-refractivity contribution is -0.384. The summed E-state index contributed by atoms with van der Waals surface area (Å²) < 4.78 is 5.36. The van der Waals surface area contributed by atoms with Gasteiger partial charge in [-0.25, -0.2) is 0 Å². The van der Waals surface area contributed by atoms with E-state index in [2.05, 4.69) is 10.1 Å². The maximum atomic E-state index is 13.2. The van der Waals surface area contributed by atoms with Gasteiger partial charge in [0.1, 0.15) is 0 Å². The molecular weight excluding hydrogens is 428 g/mol. The third kappa shape index (κ3) is 4.73. The van der Waals surface area contributed by atoms with Gasteiger partial charge in [0, 0.05) is 30.7 Å². The Morgan fingerprint density at radius 3 is 2.69 bits per heavy atom. The standard InChI is InChI=1S/C23H20N4O4S/c1-16(17-7-3-2-4-8-17)26(23(28)20-11-6-14-32-20)13-12-21-24-22(25-31-21)18-9-5-10-19(15-18)27(29)30/h2-11,14-16H,12-13H2,1H3. The second-order valence-corrected chi connectivity index (χ2v) is 8.08. The first kappa shape index (κ1) is 21.4. The average molecular weight is 449 g/mol. The third-order valence-electron chi connectivity index (χ3n) is 5.09. The minimum absolute atomic E-state index is 0.0433. The van der Waals surface area contributed by atoms with Crippen molar-refractivity contribution in [1.82, 2.24) is 15.0 Å². The molecule has 9 heteroatoms. The highest BCUT2D eigenvalue weighted by atomic mass is 32.1. The fraction of sp³-hybridized carbons (Fsp3) is 0.174. The molecule has 1 amide bonds.